The molecule has 0 aliphatic rings. The Labute approximate surface area is 121 Å². The summed E-state index contributed by atoms with van der Waals surface area (Å²) >= 11 is 0. The van der Waals surface area contributed by atoms with Crippen LogP contribution in [0.15, 0.2) is 0 Å². The second-order valence-electron chi connectivity index (χ2n) is 3.40. The Hall–Kier alpha value is -1.26. The monoisotopic (exact) mass is 352 g/mol. The predicted molar refractivity (Wildman–Crippen MR) is 59.9 cm³/mol. The number of phosphoric acid groups is 1. The number of hydrogen-bond acceptors (Lipinski definition) is 6. The van der Waals surface area contributed by atoms with Gasteiger partial charge in [-0.25, -0.2) is 27.5 Å². The van der Waals surface area contributed by atoms with Gasteiger partial charge in [0, 0.05) is 0 Å². The molecule has 0 atom stereocenters. The van der Waals surface area contributed by atoms with Gasteiger partial charge in [-0.2, -0.15) is 8.78 Å². The van der Waals surface area contributed by atoms with E-state index in [1.165, 1.54) is 13.8 Å². The Morgan fingerprint density at radius 3 is 1.50 bits per heavy atom. The molecule has 0 amide bonds. The van der Waals surface area contributed by atoms with Crippen LogP contribution in [0, 0.1) is 29.1 Å². The molecule has 22 heavy (non-hydrogen) atoms. The molecule has 1 aromatic rings. The summed E-state index contributed by atoms with van der Waals surface area (Å²) in [7, 11) is -4.96. The molecule has 6 nitrogen and oxygen atoms in total. The van der Waals surface area contributed by atoms with Crippen molar-refractivity contribution in [2.24, 2.45) is 0 Å². The summed E-state index contributed by atoms with van der Waals surface area (Å²) in [6, 6.07) is 0. The van der Waals surface area contributed by atoms with Crippen LogP contribution in [0.5, 0.6) is 5.75 Å². The topological polar surface area (TPSA) is 63.2 Å². The van der Waals surface area contributed by atoms with Crippen molar-refractivity contribution in [3.63, 3.8) is 0 Å². The highest BCUT2D eigenvalue weighted by Gasteiger charge is 2.38. The Balaban J connectivity index is 3.21. The Kier molecular flexibility index (Phi) is 6.69. The minimum absolute atomic E-state index is 0.195. The lowest BCUT2D eigenvalue weighted by Crippen LogP contribution is -2.09. The van der Waals surface area contributed by atoms with Crippen molar-refractivity contribution in [2.75, 3.05) is 13.2 Å². The highest BCUT2D eigenvalue weighted by atomic mass is 31.2. The first-order valence-electron chi connectivity index (χ1n) is 5.70. The number of hydrogen-bond donors (Lipinski definition) is 0. The maximum atomic E-state index is 13.4. The van der Waals surface area contributed by atoms with Gasteiger partial charge in [0.1, 0.15) is 0 Å². The second-order valence-corrected chi connectivity index (χ2v) is 4.77. The molecular weight excluding hydrogens is 342 g/mol. The first-order chi connectivity index (χ1) is 10.3. The van der Waals surface area contributed by atoms with Gasteiger partial charge in [0.2, 0.25) is 34.8 Å². The van der Waals surface area contributed by atoms with Gasteiger partial charge < -0.3 is 4.52 Å². The van der Waals surface area contributed by atoms with E-state index >= 15 is 0 Å². The molecule has 0 spiro atoms. The van der Waals surface area contributed by atoms with E-state index in [1.807, 2.05) is 0 Å². The third-order valence-corrected chi connectivity index (χ3v) is 2.88. The molecule has 0 radical (unpaired) electrons. The molecule has 0 bridgehead atoms. The van der Waals surface area contributed by atoms with Crippen molar-refractivity contribution >= 4 is 7.82 Å². The number of rotatable bonds is 8. The maximum absolute atomic E-state index is 13.4. The molecule has 0 aliphatic heterocycles. The normalized spacial score (nSPS) is 11.8. The van der Waals surface area contributed by atoms with E-state index in [0.29, 0.717) is 0 Å². The SMILES string of the molecule is CCOOP(=O)(OOCC)Oc1c(F)c(F)c(F)c(F)c1F. The summed E-state index contributed by atoms with van der Waals surface area (Å²) in [5, 5.41) is 0. The van der Waals surface area contributed by atoms with Gasteiger partial charge in [-0.15, -0.1) is 9.35 Å². The third kappa shape index (κ3) is 4.14. The molecule has 0 saturated heterocycles. The molecule has 1 rings (SSSR count). The van der Waals surface area contributed by atoms with E-state index in [1.54, 1.807) is 0 Å². The van der Waals surface area contributed by atoms with Gasteiger partial charge in [0.25, 0.3) is 0 Å². The van der Waals surface area contributed by atoms with Gasteiger partial charge >= 0.3 is 7.82 Å². The highest BCUT2D eigenvalue weighted by Crippen LogP contribution is 2.51. The first-order valence-corrected chi connectivity index (χ1v) is 7.16. The van der Waals surface area contributed by atoms with Crippen LogP contribution in [0.1, 0.15) is 13.8 Å². The van der Waals surface area contributed by atoms with Crippen LogP contribution in [0.3, 0.4) is 0 Å². The second kappa shape index (κ2) is 7.84. The molecule has 0 saturated carbocycles. The van der Waals surface area contributed by atoms with E-state index < -0.39 is 42.7 Å². The van der Waals surface area contributed by atoms with Crippen molar-refractivity contribution < 1.29 is 50.2 Å². The fourth-order valence-corrected chi connectivity index (χ4v) is 1.99. The highest BCUT2D eigenvalue weighted by molar-refractivity contribution is 7.48. The minimum Gasteiger partial charge on any atom is -0.395 e. The van der Waals surface area contributed by atoms with Gasteiger partial charge in [0.15, 0.2) is 0 Å². The zero-order valence-corrected chi connectivity index (χ0v) is 12.1. The summed E-state index contributed by atoms with van der Waals surface area (Å²) in [5.41, 5.74) is 0. The van der Waals surface area contributed by atoms with E-state index in [-0.39, 0.29) is 13.2 Å². The minimum atomic E-state index is -4.96. The Bertz CT molecular complexity index is 542. The van der Waals surface area contributed by atoms with Crippen LogP contribution in [-0.2, 0) is 23.7 Å². The van der Waals surface area contributed by atoms with Crippen molar-refractivity contribution in [3.05, 3.63) is 29.1 Å². The van der Waals surface area contributed by atoms with Crippen molar-refractivity contribution in [1.29, 1.82) is 0 Å². The third-order valence-electron chi connectivity index (χ3n) is 1.90. The lowest BCUT2D eigenvalue weighted by atomic mass is 10.3. The van der Waals surface area contributed by atoms with E-state index in [4.69, 9.17) is 0 Å². The lowest BCUT2D eigenvalue weighted by molar-refractivity contribution is -0.274. The number of halogens is 5. The first kappa shape index (κ1) is 18.8. The quantitative estimate of drug-likeness (QED) is 0.177. The van der Waals surface area contributed by atoms with Gasteiger partial charge in [-0.05, 0) is 13.8 Å². The average Bonchev–Trinajstić information content (AvgIpc) is 2.51. The van der Waals surface area contributed by atoms with Crippen LogP contribution in [0.25, 0.3) is 0 Å². The van der Waals surface area contributed by atoms with Crippen LogP contribution < -0.4 is 4.52 Å². The summed E-state index contributed by atoms with van der Waals surface area (Å²) in [6.45, 7) is 2.37. The van der Waals surface area contributed by atoms with Crippen LogP contribution >= 0.6 is 7.82 Å². The maximum Gasteiger partial charge on any atom is 0.585 e. The molecule has 12 heteroatoms. The van der Waals surface area contributed by atoms with Crippen molar-refractivity contribution in [1.82, 2.24) is 0 Å². The van der Waals surface area contributed by atoms with E-state index in [2.05, 4.69) is 23.6 Å². The fourth-order valence-electron chi connectivity index (χ4n) is 1.05. The zero-order chi connectivity index (χ0) is 16.9. The summed E-state index contributed by atoms with van der Waals surface area (Å²) < 4.78 is 90.0. The number of benzene rings is 1. The van der Waals surface area contributed by atoms with Crippen LogP contribution in [0.2, 0.25) is 0 Å². The largest absolute Gasteiger partial charge is 0.585 e. The Morgan fingerprint density at radius 2 is 1.14 bits per heavy atom. The lowest BCUT2D eigenvalue weighted by Gasteiger charge is -2.16. The summed E-state index contributed by atoms with van der Waals surface area (Å²) in [6.07, 6.45) is 0. The average molecular weight is 352 g/mol. The van der Waals surface area contributed by atoms with Crippen LogP contribution in [0.4, 0.5) is 22.0 Å². The molecule has 1 aromatic carbocycles. The van der Waals surface area contributed by atoms with E-state index in [0.717, 1.165) is 0 Å². The standard InChI is InChI=1S/C10H10F5O6P/c1-3-17-20-22(16,21-18-4-2)19-10-8(14)6(12)5(11)7(13)9(10)15/h3-4H2,1-2H3. The zero-order valence-electron chi connectivity index (χ0n) is 11.2. The molecule has 0 aliphatic carbocycles. The van der Waals surface area contributed by atoms with Gasteiger partial charge in [-0.1, -0.05) is 0 Å². The molecule has 0 N–H and O–H groups in total. The van der Waals surface area contributed by atoms with Crippen LogP contribution in [-0.4, -0.2) is 13.2 Å². The smallest absolute Gasteiger partial charge is 0.395 e. The van der Waals surface area contributed by atoms with Gasteiger partial charge in [-0.3, -0.25) is 0 Å². The van der Waals surface area contributed by atoms with Crippen molar-refractivity contribution in [3.8, 4) is 5.75 Å². The molecule has 0 unspecified atom stereocenters. The molecular formula is C10H10F5O6P. The molecule has 0 heterocycles. The van der Waals surface area contributed by atoms with E-state index in [9.17, 15) is 26.5 Å². The predicted octanol–water partition coefficient (Wildman–Crippen LogP) is 3.81. The molecule has 0 fully saturated rings. The Morgan fingerprint density at radius 1 is 0.773 bits per heavy atom. The summed E-state index contributed by atoms with van der Waals surface area (Å²) in [5.74, 6) is -13.6. The van der Waals surface area contributed by atoms with Crippen molar-refractivity contribution in [2.45, 2.75) is 13.8 Å². The fraction of sp³-hybridized carbons (Fsp3) is 0.400. The van der Waals surface area contributed by atoms with Gasteiger partial charge in [0.05, 0.1) is 13.2 Å². The molecule has 0 aromatic heterocycles. The molecule has 126 valence electrons. The summed E-state index contributed by atoms with van der Waals surface area (Å²) in [4.78, 5) is 8.46.